The summed E-state index contributed by atoms with van der Waals surface area (Å²) in [5, 5.41) is 10.7. The van der Waals surface area contributed by atoms with Gasteiger partial charge in [-0.05, 0) is 12.8 Å². The Morgan fingerprint density at radius 3 is 2.18 bits per heavy atom. The van der Waals surface area contributed by atoms with Crippen molar-refractivity contribution >= 4 is 8.56 Å². The predicted octanol–water partition coefficient (Wildman–Crippen LogP) is 4.80. The van der Waals surface area contributed by atoms with E-state index < -0.39 is 14.7 Å². The van der Waals surface area contributed by atoms with Gasteiger partial charge in [0.2, 0.25) is 0 Å². The molecule has 1 heterocycles. The van der Waals surface area contributed by atoms with Crippen LogP contribution in [0.4, 0.5) is 0 Å². The van der Waals surface area contributed by atoms with Gasteiger partial charge in [0.1, 0.15) is 0 Å². The van der Waals surface area contributed by atoms with Crippen LogP contribution in [0, 0.1) is 5.92 Å². The fourth-order valence-electron chi connectivity index (χ4n) is 3.58. The molecule has 0 spiro atoms. The van der Waals surface area contributed by atoms with E-state index in [4.69, 9.17) is 8.85 Å². The second-order valence-corrected chi connectivity index (χ2v) is 13.4. The van der Waals surface area contributed by atoms with Gasteiger partial charge < -0.3 is 14.0 Å². The van der Waals surface area contributed by atoms with E-state index in [9.17, 15) is 5.11 Å². The highest BCUT2D eigenvalue weighted by Crippen LogP contribution is 2.54. The van der Waals surface area contributed by atoms with E-state index in [1.807, 2.05) is 0 Å². The molecule has 1 N–H and O–H groups in total. The van der Waals surface area contributed by atoms with Crippen molar-refractivity contribution in [3.05, 3.63) is 12.2 Å². The van der Waals surface area contributed by atoms with Crippen LogP contribution in [0.5, 0.6) is 0 Å². The summed E-state index contributed by atoms with van der Waals surface area (Å²) in [4.78, 5) is 0. The maximum absolute atomic E-state index is 10.7. The first-order chi connectivity index (χ1) is 9.96. The van der Waals surface area contributed by atoms with Gasteiger partial charge in [0.25, 0.3) is 0 Å². The molecule has 3 atom stereocenters. The smallest absolute Gasteiger partial charge is 0.349 e. The third kappa shape index (κ3) is 4.02. The molecular formula is C18H36O3Si. The molecule has 1 aliphatic rings. The molecule has 1 rings (SSSR count). The van der Waals surface area contributed by atoms with Crippen molar-refractivity contribution in [2.45, 2.75) is 90.5 Å². The van der Waals surface area contributed by atoms with Gasteiger partial charge in [0, 0.05) is 22.6 Å². The summed E-state index contributed by atoms with van der Waals surface area (Å²) in [6, 6.07) is 0. The molecule has 0 saturated carbocycles. The first kappa shape index (κ1) is 19.9. The zero-order valence-corrected chi connectivity index (χ0v) is 16.8. The van der Waals surface area contributed by atoms with Crippen LogP contribution < -0.4 is 0 Å². The van der Waals surface area contributed by atoms with E-state index in [1.165, 1.54) is 0 Å². The molecule has 0 aliphatic carbocycles. The second kappa shape index (κ2) is 7.16. The molecule has 0 aromatic rings. The van der Waals surface area contributed by atoms with Gasteiger partial charge in [0.05, 0.1) is 12.2 Å². The van der Waals surface area contributed by atoms with Crippen LogP contribution >= 0.6 is 0 Å². The molecule has 0 radical (unpaired) electrons. The molecule has 0 aromatic heterocycles. The van der Waals surface area contributed by atoms with Crippen molar-refractivity contribution in [1.82, 2.24) is 0 Å². The molecule has 0 aromatic carbocycles. The third-order valence-corrected chi connectivity index (χ3v) is 9.79. The highest BCUT2D eigenvalue weighted by molar-refractivity contribution is 6.73. The average Bonchev–Trinajstić information content (AvgIpc) is 2.41. The fourth-order valence-corrected chi connectivity index (χ4v) is 8.56. The van der Waals surface area contributed by atoms with Gasteiger partial charge in [-0.15, -0.1) is 0 Å². The molecule has 130 valence electrons. The molecule has 1 aliphatic heterocycles. The zero-order valence-electron chi connectivity index (χ0n) is 15.8. The van der Waals surface area contributed by atoms with Gasteiger partial charge >= 0.3 is 8.56 Å². The summed E-state index contributed by atoms with van der Waals surface area (Å²) < 4.78 is 12.9. The highest BCUT2D eigenvalue weighted by atomic mass is 28.4. The van der Waals surface area contributed by atoms with Gasteiger partial charge in [-0.1, -0.05) is 67.5 Å². The number of allylic oxidation sites excluding steroid dienone is 1. The van der Waals surface area contributed by atoms with Crippen LogP contribution in [0.3, 0.4) is 0 Å². The summed E-state index contributed by atoms with van der Waals surface area (Å²) in [5.41, 5.74) is 0. The molecule has 0 amide bonds. The molecule has 1 fully saturated rings. The average molecular weight is 329 g/mol. The molecule has 0 bridgehead atoms. The van der Waals surface area contributed by atoms with Crippen molar-refractivity contribution in [3.8, 4) is 0 Å². The summed E-state index contributed by atoms with van der Waals surface area (Å²) in [7, 11) is -2.47. The van der Waals surface area contributed by atoms with E-state index in [0.29, 0.717) is 6.61 Å². The van der Waals surface area contributed by atoms with Crippen molar-refractivity contribution < 1.29 is 14.0 Å². The Morgan fingerprint density at radius 2 is 1.73 bits per heavy atom. The Labute approximate surface area is 138 Å². The van der Waals surface area contributed by atoms with Gasteiger partial charge in [-0.25, -0.2) is 0 Å². The van der Waals surface area contributed by atoms with Gasteiger partial charge in [-0.3, -0.25) is 0 Å². The zero-order chi connectivity index (χ0) is 17.2. The normalized spacial score (nSPS) is 26.1. The second-order valence-electron chi connectivity index (χ2n) is 8.60. The minimum Gasteiger partial charge on any atom is -0.394 e. The quantitative estimate of drug-likeness (QED) is 0.595. The van der Waals surface area contributed by atoms with Gasteiger partial charge in [0.15, 0.2) is 0 Å². The third-order valence-electron chi connectivity index (χ3n) is 4.59. The number of rotatable bonds is 4. The first-order valence-electron chi connectivity index (χ1n) is 8.63. The topological polar surface area (TPSA) is 38.7 Å². The maximum Gasteiger partial charge on any atom is 0.349 e. The van der Waals surface area contributed by atoms with E-state index in [0.717, 1.165) is 12.8 Å². The van der Waals surface area contributed by atoms with E-state index in [1.54, 1.807) is 0 Å². The number of aliphatic hydroxyl groups excluding tert-OH is 1. The summed E-state index contributed by atoms with van der Waals surface area (Å²) in [5.74, 6) is 0.106. The van der Waals surface area contributed by atoms with Crippen molar-refractivity contribution in [2.75, 3.05) is 6.61 Å². The van der Waals surface area contributed by atoms with Crippen LogP contribution in [0.1, 0.15) is 68.2 Å². The lowest BCUT2D eigenvalue weighted by molar-refractivity contribution is -0.0577. The Bertz CT molecular complexity index is 365. The SMILES string of the molecule is CC/C=C/[C@@H](C)[C@H](O)[C@H]1CCO[Si](C(C)(C)C)(C(C)(C)C)O1. The molecule has 1 saturated heterocycles. The predicted molar refractivity (Wildman–Crippen MR) is 95.2 cm³/mol. The Balaban J connectivity index is 3.01. The standard InChI is InChI=1S/C18H36O3Si/c1-9-10-11-14(2)16(19)15-12-13-20-22(21-15,17(3,4)5)18(6,7)8/h10-11,14-16,19H,9,12-13H2,1-8H3/b11-10+/t14-,15-,16+/m1/s1. The maximum atomic E-state index is 10.7. The van der Waals surface area contributed by atoms with Crippen molar-refractivity contribution in [2.24, 2.45) is 5.92 Å². The van der Waals surface area contributed by atoms with Crippen LogP contribution in [0.2, 0.25) is 10.1 Å². The Kier molecular flexibility index (Phi) is 6.47. The largest absolute Gasteiger partial charge is 0.394 e. The minimum atomic E-state index is -2.47. The lowest BCUT2D eigenvalue weighted by Gasteiger charge is -2.53. The molecular weight excluding hydrogens is 292 g/mol. The van der Waals surface area contributed by atoms with Crippen LogP contribution in [0.25, 0.3) is 0 Å². The monoisotopic (exact) mass is 328 g/mol. The number of aliphatic hydroxyl groups is 1. The molecule has 3 nitrogen and oxygen atoms in total. The fraction of sp³-hybridized carbons (Fsp3) is 0.889. The van der Waals surface area contributed by atoms with Crippen LogP contribution in [0.15, 0.2) is 12.2 Å². The molecule has 0 unspecified atom stereocenters. The minimum absolute atomic E-state index is 0.0356. The van der Waals surface area contributed by atoms with Crippen LogP contribution in [-0.4, -0.2) is 32.5 Å². The lowest BCUT2D eigenvalue weighted by Crippen LogP contribution is -2.63. The van der Waals surface area contributed by atoms with E-state index >= 15 is 0 Å². The highest BCUT2D eigenvalue weighted by Gasteiger charge is 2.61. The molecule has 4 heteroatoms. The van der Waals surface area contributed by atoms with Crippen LogP contribution in [-0.2, 0) is 8.85 Å². The van der Waals surface area contributed by atoms with Crippen molar-refractivity contribution in [3.63, 3.8) is 0 Å². The molecule has 22 heavy (non-hydrogen) atoms. The van der Waals surface area contributed by atoms with E-state index in [-0.39, 0.29) is 22.1 Å². The first-order valence-corrected chi connectivity index (χ1v) is 10.4. The number of hydrogen-bond acceptors (Lipinski definition) is 3. The number of hydrogen-bond donors (Lipinski definition) is 1. The Hall–Kier alpha value is -0.163. The van der Waals surface area contributed by atoms with E-state index in [2.05, 4.69) is 67.5 Å². The Morgan fingerprint density at radius 1 is 1.18 bits per heavy atom. The summed E-state index contributed by atoms with van der Waals surface area (Å²) >= 11 is 0. The van der Waals surface area contributed by atoms with Crippen molar-refractivity contribution in [1.29, 1.82) is 0 Å². The lowest BCUT2D eigenvalue weighted by atomic mass is 9.97. The summed E-state index contributed by atoms with van der Waals surface area (Å²) in [6.45, 7) is 18.1. The van der Waals surface area contributed by atoms with Gasteiger partial charge in [-0.2, -0.15) is 0 Å². The summed E-state index contributed by atoms with van der Waals surface area (Å²) in [6.07, 6.45) is 5.38.